The number of thiol groups is 1. The average Bonchev–Trinajstić information content (AvgIpc) is 2.77. The van der Waals surface area contributed by atoms with E-state index in [2.05, 4.69) is 33.6 Å². The molecule has 0 aromatic carbocycles. The van der Waals surface area contributed by atoms with Crippen LogP contribution in [0.5, 0.6) is 0 Å². The average molecular weight is 519 g/mol. The minimum absolute atomic E-state index is 0.0596. The number of carbonyl (C=O) groups excluding carboxylic acids is 3. The summed E-state index contributed by atoms with van der Waals surface area (Å²) in [7, 11) is 0. The van der Waals surface area contributed by atoms with Crippen LogP contribution in [0.4, 0.5) is 0 Å². The summed E-state index contributed by atoms with van der Waals surface area (Å²) in [6, 6.07) is -4.03. The zero-order valence-electron chi connectivity index (χ0n) is 20.5. The SMILES string of the molecule is CC(C)CC(NC(=O)C(N)CCCCN)C(=O)NC(CS)C(=O)NC(CCCN=C(N)N)C(=O)O. The van der Waals surface area contributed by atoms with Crippen molar-refractivity contribution in [3.63, 3.8) is 0 Å². The molecule has 0 aliphatic heterocycles. The Balaban J connectivity index is 5.14. The van der Waals surface area contributed by atoms with Crippen LogP contribution in [0, 0.1) is 5.92 Å². The zero-order chi connectivity index (χ0) is 27.0. The first-order chi connectivity index (χ1) is 16.4. The first-order valence-electron chi connectivity index (χ1n) is 11.7. The number of rotatable bonds is 18. The topological polar surface area (TPSA) is 241 Å². The number of nitrogens with one attached hydrogen (secondary N) is 3. The van der Waals surface area contributed by atoms with E-state index < -0.39 is 47.9 Å². The summed E-state index contributed by atoms with van der Waals surface area (Å²) < 4.78 is 0. The number of aliphatic imine (C=N–C) groups is 1. The maximum absolute atomic E-state index is 12.9. The van der Waals surface area contributed by atoms with E-state index in [1.54, 1.807) is 0 Å². The van der Waals surface area contributed by atoms with Crippen LogP contribution in [-0.4, -0.2) is 77.8 Å². The Hall–Kier alpha value is -2.58. The van der Waals surface area contributed by atoms with Crippen molar-refractivity contribution in [1.82, 2.24) is 16.0 Å². The number of aliphatic carboxylic acids is 1. The van der Waals surface area contributed by atoms with Gasteiger partial charge in [0.25, 0.3) is 0 Å². The second-order valence-corrected chi connectivity index (χ2v) is 9.04. The van der Waals surface area contributed by atoms with Crippen LogP contribution >= 0.6 is 12.6 Å². The maximum Gasteiger partial charge on any atom is 0.326 e. The third kappa shape index (κ3) is 14.4. The molecule has 0 spiro atoms. The fraction of sp³-hybridized carbons (Fsp3) is 0.762. The molecule has 0 saturated carbocycles. The summed E-state index contributed by atoms with van der Waals surface area (Å²) in [6.07, 6.45) is 2.57. The van der Waals surface area contributed by atoms with Gasteiger partial charge in [0.2, 0.25) is 17.7 Å². The van der Waals surface area contributed by atoms with Gasteiger partial charge in [0.1, 0.15) is 18.1 Å². The molecule has 0 bridgehead atoms. The number of carbonyl (C=O) groups is 4. The highest BCUT2D eigenvalue weighted by Gasteiger charge is 2.30. The van der Waals surface area contributed by atoms with Crippen molar-refractivity contribution in [3.8, 4) is 0 Å². The van der Waals surface area contributed by atoms with E-state index in [9.17, 15) is 24.3 Å². The number of nitrogens with two attached hydrogens (primary N) is 4. The van der Waals surface area contributed by atoms with Crippen molar-refractivity contribution in [1.29, 1.82) is 0 Å². The quantitative estimate of drug-likeness (QED) is 0.0421. The lowest BCUT2D eigenvalue weighted by Gasteiger charge is -2.25. The van der Waals surface area contributed by atoms with Gasteiger partial charge >= 0.3 is 5.97 Å². The lowest BCUT2D eigenvalue weighted by molar-refractivity contribution is -0.142. The largest absolute Gasteiger partial charge is 0.480 e. The molecule has 3 amide bonds. The van der Waals surface area contributed by atoms with Gasteiger partial charge in [0, 0.05) is 12.3 Å². The molecule has 4 unspecified atom stereocenters. The van der Waals surface area contributed by atoms with Gasteiger partial charge < -0.3 is 44.0 Å². The number of unbranched alkanes of at least 4 members (excludes halogenated alkanes) is 1. The molecule has 0 aliphatic rings. The van der Waals surface area contributed by atoms with E-state index in [0.29, 0.717) is 32.2 Å². The van der Waals surface area contributed by atoms with Gasteiger partial charge in [-0.2, -0.15) is 12.6 Å². The molecule has 0 rings (SSSR count). The van der Waals surface area contributed by atoms with Gasteiger partial charge in [0.05, 0.1) is 6.04 Å². The fourth-order valence-corrected chi connectivity index (χ4v) is 3.38. The van der Waals surface area contributed by atoms with Crippen molar-refractivity contribution >= 4 is 42.3 Å². The molecule has 12 N–H and O–H groups in total. The first-order valence-corrected chi connectivity index (χ1v) is 12.3. The second kappa shape index (κ2) is 17.8. The molecule has 0 aromatic heterocycles. The molecule has 0 saturated heterocycles. The van der Waals surface area contributed by atoms with E-state index in [1.807, 2.05) is 13.8 Å². The van der Waals surface area contributed by atoms with Crippen LogP contribution < -0.4 is 38.9 Å². The Kier molecular flexibility index (Phi) is 16.5. The van der Waals surface area contributed by atoms with Crippen LogP contribution in [0.1, 0.15) is 52.4 Å². The van der Waals surface area contributed by atoms with Gasteiger partial charge in [-0.15, -0.1) is 0 Å². The van der Waals surface area contributed by atoms with Crippen LogP contribution in [0.15, 0.2) is 4.99 Å². The third-order valence-corrected chi connectivity index (χ3v) is 5.39. The molecule has 0 radical (unpaired) electrons. The molecule has 0 fully saturated rings. The Morgan fingerprint density at radius 2 is 1.46 bits per heavy atom. The van der Waals surface area contributed by atoms with Crippen molar-refractivity contribution < 1.29 is 24.3 Å². The van der Waals surface area contributed by atoms with E-state index >= 15 is 0 Å². The van der Waals surface area contributed by atoms with Crippen molar-refractivity contribution in [3.05, 3.63) is 0 Å². The number of carboxylic acids is 1. The molecule has 0 heterocycles. The molecular weight excluding hydrogens is 476 g/mol. The lowest BCUT2D eigenvalue weighted by atomic mass is 10.0. The van der Waals surface area contributed by atoms with E-state index in [0.717, 1.165) is 6.42 Å². The van der Waals surface area contributed by atoms with E-state index in [1.165, 1.54) is 0 Å². The van der Waals surface area contributed by atoms with Crippen LogP contribution in [0.3, 0.4) is 0 Å². The molecule has 35 heavy (non-hydrogen) atoms. The number of hydrogen-bond donors (Lipinski definition) is 9. The summed E-state index contributed by atoms with van der Waals surface area (Å²) in [4.78, 5) is 53.4. The summed E-state index contributed by atoms with van der Waals surface area (Å²) in [5, 5.41) is 17.0. The van der Waals surface area contributed by atoms with Crippen molar-refractivity contribution in [2.75, 3.05) is 18.8 Å². The monoisotopic (exact) mass is 518 g/mol. The van der Waals surface area contributed by atoms with Gasteiger partial charge in [-0.1, -0.05) is 20.3 Å². The Morgan fingerprint density at radius 1 is 0.886 bits per heavy atom. The Morgan fingerprint density at radius 3 is 1.97 bits per heavy atom. The highest BCUT2D eigenvalue weighted by Crippen LogP contribution is 2.08. The zero-order valence-corrected chi connectivity index (χ0v) is 21.4. The lowest BCUT2D eigenvalue weighted by Crippen LogP contribution is -2.57. The molecule has 4 atom stereocenters. The number of amides is 3. The molecule has 14 heteroatoms. The van der Waals surface area contributed by atoms with Gasteiger partial charge in [-0.25, -0.2) is 4.79 Å². The van der Waals surface area contributed by atoms with Crippen molar-refractivity contribution in [2.45, 2.75) is 76.5 Å². The molecular formula is C21H42N8O5S. The fourth-order valence-electron chi connectivity index (χ4n) is 3.12. The summed E-state index contributed by atoms with van der Waals surface area (Å²) in [5.41, 5.74) is 21.9. The third-order valence-electron chi connectivity index (χ3n) is 5.02. The second-order valence-electron chi connectivity index (χ2n) is 8.67. The van der Waals surface area contributed by atoms with E-state index in [4.69, 9.17) is 22.9 Å². The smallest absolute Gasteiger partial charge is 0.326 e. The first kappa shape index (κ1) is 32.4. The molecule has 0 aliphatic carbocycles. The minimum atomic E-state index is -1.24. The van der Waals surface area contributed by atoms with Crippen molar-refractivity contribution in [2.24, 2.45) is 33.8 Å². The van der Waals surface area contributed by atoms with Gasteiger partial charge in [-0.3, -0.25) is 19.4 Å². The van der Waals surface area contributed by atoms with Crippen LogP contribution in [0.2, 0.25) is 0 Å². The van der Waals surface area contributed by atoms with Gasteiger partial charge in [-0.05, 0) is 44.6 Å². The summed E-state index contributed by atoms with van der Waals surface area (Å²) >= 11 is 4.11. The highest BCUT2D eigenvalue weighted by atomic mass is 32.1. The van der Waals surface area contributed by atoms with Crippen LogP contribution in [-0.2, 0) is 19.2 Å². The molecule has 0 aromatic rings. The minimum Gasteiger partial charge on any atom is -0.480 e. The maximum atomic E-state index is 12.9. The summed E-state index contributed by atoms with van der Waals surface area (Å²) in [5.74, 6) is -3.14. The Labute approximate surface area is 212 Å². The standard InChI is InChI=1S/C21H42N8O5S/c1-12(2)10-15(28-17(30)13(23)6-3-4-8-22)18(31)29-16(11-35)19(32)27-14(20(33)34)7-5-9-26-21(24)25/h12-16,35H,3-11,22-23H2,1-2H3,(H,27,32)(H,28,30)(H,29,31)(H,33,34)(H4,24,25,26). The number of carboxylic acid groups (broad SMARTS) is 1. The number of nitrogens with zero attached hydrogens (tertiary/aromatic N) is 1. The van der Waals surface area contributed by atoms with E-state index in [-0.39, 0.29) is 30.6 Å². The molecule has 202 valence electrons. The predicted octanol–water partition coefficient (Wildman–Crippen LogP) is -1.99. The Bertz CT molecular complexity index is 718. The normalized spacial score (nSPS) is 14.3. The predicted molar refractivity (Wildman–Crippen MR) is 138 cm³/mol. The highest BCUT2D eigenvalue weighted by molar-refractivity contribution is 7.80. The summed E-state index contributed by atoms with van der Waals surface area (Å²) in [6.45, 7) is 4.48. The number of hydrogen-bond acceptors (Lipinski definition) is 8. The van der Waals surface area contributed by atoms with Crippen LogP contribution in [0.25, 0.3) is 0 Å². The molecule has 13 nitrogen and oxygen atoms in total. The van der Waals surface area contributed by atoms with Gasteiger partial charge in [0.15, 0.2) is 5.96 Å². The number of guanidine groups is 1.